The van der Waals surface area contributed by atoms with Gasteiger partial charge < -0.3 is 10.6 Å². The van der Waals surface area contributed by atoms with E-state index in [1.165, 1.54) is 19.3 Å². The molecule has 2 aliphatic carbocycles. The quantitative estimate of drug-likeness (QED) is 0.839. The van der Waals surface area contributed by atoms with E-state index in [-0.39, 0.29) is 11.8 Å². The van der Waals surface area contributed by atoms with Crippen LogP contribution >= 0.6 is 0 Å². The summed E-state index contributed by atoms with van der Waals surface area (Å²) < 4.78 is 0. The summed E-state index contributed by atoms with van der Waals surface area (Å²) in [5.41, 5.74) is 1.77. The maximum atomic E-state index is 12.7. The minimum Gasteiger partial charge on any atom is -0.324 e. The molecule has 2 bridgehead atoms. The Kier molecular flexibility index (Phi) is 4.40. The molecule has 1 saturated heterocycles. The lowest BCUT2D eigenvalue weighted by Gasteiger charge is -2.50. The van der Waals surface area contributed by atoms with Crippen molar-refractivity contribution >= 4 is 23.2 Å². The molecule has 0 spiro atoms. The zero-order chi connectivity index (χ0) is 19.1. The molecule has 1 heterocycles. The van der Waals surface area contributed by atoms with Gasteiger partial charge in [0.2, 0.25) is 5.91 Å². The molecule has 4 atom stereocenters. The van der Waals surface area contributed by atoms with Crippen LogP contribution in [0.5, 0.6) is 0 Å². The Bertz CT molecular complexity index is 896. The summed E-state index contributed by atoms with van der Waals surface area (Å²) in [6, 6.07) is 17.1. The molecule has 5 heteroatoms. The minimum atomic E-state index is -0.223. The Morgan fingerprint density at radius 1 is 0.929 bits per heavy atom. The maximum Gasteiger partial charge on any atom is 0.257 e. The molecule has 2 aromatic rings. The second-order valence-corrected chi connectivity index (χ2v) is 8.33. The SMILES string of the molecule is O=C(CN1CC2C3CCC(C3)C21)Nc1ccccc1C(=O)Nc1ccccc1. The zero-order valence-corrected chi connectivity index (χ0v) is 15.8. The van der Waals surface area contributed by atoms with Gasteiger partial charge in [0.1, 0.15) is 0 Å². The Morgan fingerprint density at radius 2 is 1.68 bits per heavy atom. The highest BCUT2D eigenvalue weighted by Gasteiger charge is 2.56. The fourth-order valence-corrected chi connectivity index (χ4v) is 5.51. The minimum absolute atomic E-state index is 0.0406. The summed E-state index contributed by atoms with van der Waals surface area (Å²) in [5, 5.41) is 5.84. The molecular formula is C23H25N3O2. The Hall–Kier alpha value is -2.66. The predicted molar refractivity (Wildman–Crippen MR) is 109 cm³/mol. The molecule has 3 aliphatic rings. The van der Waals surface area contributed by atoms with Crippen LogP contribution in [-0.2, 0) is 4.79 Å². The third kappa shape index (κ3) is 3.10. The van der Waals surface area contributed by atoms with Crippen LogP contribution in [0.25, 0.3) is 0 Å². The molecule has 2 saturated carbocycles. The summed E-state index contributed by atoms with van der Waals surface area (Å²) in [7, 11) is 0. The average Bonchev–Trinajstić information content (AvgIpc) is 3.24. The second-order valence-electron chi connectivity index (χ2n) is 8.33. The largest absolute Gasteiger partial charge is 0.324 e. The van der Waals surface area contributed by atoms with E-state index in [0.29, 0.717) is 23.8 Å². The van der Waals surface area contributed by atoms with Gasteiger partial charge in [0, 0.05) is 18.3 Å². The molecule has 0 radical (unpaired) electrons. The summed E-state index contributed by atoms with van der Waals surface area (Å²) in [6.07, 6.45) is 4.07. The Labute approximate surface area is 165 Å². The predicted octanol–water partition coefficient (Wildman–Crippen LogP) is 3.61. The number of para-hydroxylation sites is 2. The monoisotopic (exact) mass is 375 g/mol. The van der Waals surface area contributed by atoms with Gasteiger partial charge >= 0.3 is 0 Å². The van der Waals surface area contributed by atoms with Crippen molar-refractivity contribution in [2.45, 2.75) is 25.3 Å². The van der Waals surface area contributed by atoms with Crippen LogP contribution in [0.1, 0.15) is 29.6 Å². The number of likely N-dealkylation sites (tertiary alicyclic amines) is 1. The van der Waals surface area contributed by atoms with Crippen molar-refractivity contribution in [1.29, 1.82) is 0 Å². The highest BCUT2D eigenvalue weighted by molar-refractivity contribution is 6.10. The van der Waals surface area contributed by atoms with E-state index in [4.69, 9.17) is 0 Å². The number of nitrogens with one attached hydrogen (secondary N) is 2. The molecule has 2 amide bonds. The smallest absolute Gasteiger partial charge is 0.257 e. The van der Waals surface area contributed by atoms with Crippen LogP contribution in [0, 0.1) is 17.8 Å². The van der Waals surface area contributed by atoms with Crippen molar-refractivity contribution in [1.82, 2.24) is 4.90 Å². The van der Waals surface area contributed by atoms with Crippen LogP contribution in [0.2, 0.25) is 0 Å². The van der Waals surface area contributed by atoms with E-state index in [2.05, 4.69) is 15.5 Å². The van der Waals surface area contributed by atoms with Crippen LogP contribution in [0.3, 0.4) is 0 Å². The van der Waals surface area contributed by atoms with Gasteiger partial charge in [0.25, 0.3) is 5.91 Å². The van der Waals surface area contributed by atoms with Gasteiger partial charge in [-0.3, -0.25) is 14.5 Å². The first-order valence-corrected chi connectivity index (χ1v) is 10.2. The molecule has 0 aromatic heterocycles. The molecule has 4 unspecified atom stereocenters. The van der Waals surface area contributed by atoms with Gasteiger partial charge in [-0.2, -0.15) is 0 Å². The van der Waals surface area contributed by atoms with Crippen LogP contribution in [-0.4, -0.2) is 35.8 Å². The van der Waals surface area contributed by atoms with E-state index in [0.717, 1.165) is 30.0 Å². The number of hydrogen-bond acceptors (Lipinski definition) is 3. The number of hydrogen-bond donors (Lipinski definition) is 2. The van der Waals surface area contributed by atoms with Crippen molar-refractivity contribution in [3.63, 3.8) is 0 Å². The molecular weight excluding hydrogens is 350 g/mol. The average molecular weight is 375 g/mol. The van der Waals surface area contributed by atoms with Crippen LogP contribution in [0.4, 0.5) is 11.4 Å². The molecule has 144 valence electrons. The highest BCUT2D eigenvalue weighted by atomic mass is 16.2. The molecule has 5 rings (SSSR count). The van der Waals surface area contributed by atoms with E-state index >= 15 is 0 Å². The summed E-state index contributed by atoms with van der Waals surface area (Å²) in [4.78, 5) is 27.7. The molecule has 3 fully saturated rings. The fourth-order valence-electron chi connectivity index (χ4n) is 5.51. The first-order chi connectivity index (χ1) is 13.7. The van der Waals surface area contributed by atoms with Crippen molar-refractivity contribution in [3.05, 3.63) is 60.2 Å². The van der Waals surface area contributed by atoms with Gasteiger partial charge in [-0.15, -0.1) is 0 Å². The normalized spacial score (nSPS) is 27.7. The van der Waals surface area contributed by atoms with Crippen molar-refractivity contribution < 1.29 is 9.59 Å². The highest BCUT2D eigenvalue weighted by Crippen LogP contribution is 2.55. The maximum absolute atomic E-state index is 12.7. The van der Waals surface area contributed by atoms with Gasteiger partial charge in [0.15, 0.2) is 0 Å². The van der Waals surface area contributed by atoms with Crippen molar-refractivity contribution in [3.8, 4) is 0 Å². The van der Waals surface area contributed by atoms with E-state index in [1.807, 2.05) is 42.5 Å². The van der Waals surface area contributed by atoms with E-state index in [1.54, 1.807) is 12.1 Å². The third-order valence-corrected chi connectivity index (χ3v) is 6.73. The molecule has 2 N–H and O–H groups in total. The number of fused-ring (bicyclic) bond motifs is 5. The number of amides is 2. The topological polar surface area (TPSA) is 61.4 Å². The number of carbonyl (C=O) groups excluding carboxylic acids is 2. The lowest BCUT2D eigenvalue weighted by atomic mass is 9.77. The standard InChI is InChI=1S/C23H25N3O2/c27-21(14-26-13-19-15-10-11-16(12-15)22(19)26)25-20-9-5-4-8-18(20)23(28)24-17-6-2-1-3-7-17/h1-9,15-16,19,22H,10-14H2,(H,24,28)(H,25,27). The lowest BCUT2D eigenvalue weighted by Crippen LogP contribution is -2.60. The zero-order valence-electron chi connectivity index (χ0n) is 15.8. The molecule has 2 aromatic carbocycles. The fraction of sp³-hybridized carbons (Fsp3) is 0.391. The Morgan fingerprint density at radius 3 is 2.50 bits per heavy atom. The first kappa shape index (κ1) is 17.4. The van der Waals surface area contributed by atoms with Gasteiger partial charge in [-0.1, -0.05) is 30.3 Å². The van der Waals surface area contributed by atoms with Crippen LogP contribution in [0.15, 0.2) is 54.6 Å². The summed E-state index contributed by atoms with van der Waals surface area (Å²) in [6.45, 7) is 1.47. The third-order valence-electron chi connectivity index (χ3n) is 6.73. The second kappa shape index (κ2) is 7.06. The van der Waals surface area contributed by atoms with Gasteiger partial charge in [-0.05, 0) is 61.3 Å². The van der Waals surface area contributed by atoms with Gasteiger partial charge in [-0.25, -0.2) is 0 Å². The Balaban J connectivity index is 1.23. The number of carbonyl (C=O) groups is 2. The lowest BCUT2D eigenvalue weighted by molar-refractivity contribution is -0.122. The number of rotatable bonds is 5. The van der Waals surface area contributed by atoms with Gasteiger partial charge in [0.05, 0.1) is 17.8 Å². The summed E-state index contributed by atoms with van der Waals surface area (Å²) >= 11 is 0. The first-order valence-electron chi connectivity index (χ1n) is 10.2. The number of nitrogens with zero attached hydrogens (tertiary/aromatic N) is 1. The number of benzene rings is 2. The van der Waals surface area contributed by atoms with Crippen LogP contribution < -0.4 is 10.6 Å². The molecule has 5 nitrogen and oxygen atoms in total. The van der Waals surface area contributed by atoms with Crippen molar-refractivity contribution in [2.75, 3.05) is 23.7 Å². The summed E-state index contributed by atoms with van der Waals surface area (Å²) in [5.74, 6) is 2.24. The van der Waals surface area contributed by atoms with Crippen molar-refractivity contribution in [2.24, 2.45) is 17.8 Å². The molecule has 28 heavy (non-hydrogen) atoms. The van der Waals surface area contributed by atoms with E-state index in [9.17, 15) is 9.59 Å². The van der Waals surface area contributed by atoms with E-state index < -0.39 is 0 Å². The molecule has 1 aliphatic heterocycles. The number of anilines is 2.